The van der Waals surface area contributed by atoms with Crippen LogP contribution in [-0.4, -0.2) is 77.5 Å². The summed E-state index contributed by atoms with van der Waals surface area (Å²) in [5.41, 5.74) is 2.90. The molecule has 0 bridgehead atoms. The van der Waals surface area contributed by atoms with Crippen molar-refractivity contribution in [2.75, 3.05) is 38.3 Å². The van der Waals surface area contributed by atoms with Gasteiger partial charge >= 0.3 is 7.60 Å². The molecular weight excluding hydrogens is 417 g/mol. The van der Waals surface area contributed by atoms with Gasteiger partial charge in [0.2, 0.25) is 5.95 Å². The maximum absolute atomic E-state index is 11.7. The number of nitriles is 1. The number of aromatic amines is 1. The van der Waals surface area contributed by atoms with Crippen LogP contribution in [0.3, 0.4) is 0 Å². The van der Waals surface area contributed by atoms with Gasteiger partial charge in [-0.15, -0.1) is 0 Å². The number of nitrogen functional groups attached to an aromatic ring is 1. The van der Waals surface area contributed by atoms with E-state index in [9.17, 15) is 19.7 Å². The normalized spacial score (nSPS) is 13.5. The molecule has 30 heavy (non-hydrogen) atoms. The van der Waals surface area contributed by atoms with Gasteiger partial charge in [0.1, 0.15) is 6.07 Å². The summed E-state index contributed by atoms with van der Waals surface area (Å²) >= 11 is 0. The zero-order chi connectivity index (χ0) is 22.9. The smallest absolute Gasteiger partial charge is 0.351 e. The predicted molar refractivity (Wildman–Crippen MR) is 109 cm³/mol. The van der Waals surface area contributed by atoms with E-state index in [2.05, 4.69) is 40.6 Å². The first-order valence-corrected chi connectivity index (χ1v) is 11.0. The van der Waals surface area contributed by atoms with Gasteiger partial charge in [0.05, 0.1) is 19.5 Å². The van der Waals surface area contributed by atoms with E-state index >= 15 is 0 Å². The number of fused-ring (bicyclic) bond motifs is 1. The number of aliphatic hydroxyl groups excluding tert-OH is 1. The molecule has 0 radical (unpaired) electrons. The molecule has 2 rings (SSSR count). The van der Waals surface area contributed by atoms with Crippen LogP contribution in [0.25, 0.3) is 11.2 Å². The second-order valence-corrected chi connectivity index (χ2v) is 7.91. The maximum Gasteiger partial charge on any atom is 0.351 e. The van der Waals surface area contributed by atoms with Gasteiger partial charge in [-0.1, -0.05) is 20.8 Å². The highest BCUT2D eigenvalue weighted by atomic mass is 31.2. The molecule has 0 spiro atoms. The van der Waals surface area contributed by atoms with Gasteiger partial charge in [-0.2, -0.15) is 10.2 Å². The molecule has 2 heterocycles. The van der Waals surface area contributed by atoms with Crippen LogP contribution in [0.15, 0.2) is 11.1 Å². The van der Waals surface area contributed by atoms with Crippen LogP contribution in [0.5, 0.6) is 0 Å². The quantitative estimate of drug-likeness (QED) is 0.310. The van der Waals surface area contributed by atoms with E-state index in [0.29, 0.717) is 0 Å². The summed E-state index contributed by atoms with van der Waals surface area (Å²) in [6.45, 7) is 8.91. The number of nitrogens with one attached hydrogen (secondary N) is 1. The molecule has 0 aromatic carbocycles. The fraction of sp³-hybridized carbons (Fsp3) is 0.625. The highest BCUT2D eigenvalue weighted by molar-refractivity contribution is 7.51. The standard InChI is InChI=1S/C10H13N6O6P.C6H15N/c11-1-10(3-17,22-5-23(19,20)21)2-16-4-13-6-7(16)14-9(12)15-8(6)18;1-4-7(5-2)6-3/h4,17H,2-3,5H2,(H2,19,20,21)(H3,12,14,15,18);4-6H2,1-3H3. The fourth-order valence-electron chi connectivity index (χ4n) is 2.48. The molecule has 168 valence electrons. The van der Waals surface area contributed by atoms with Gasteiger partial charge in [-0.05, 0) is 19.6 Å². The van der Waals surface area contributed by atoms with Gasteiger partial charge in [0, 0.05) is 0 Å². The van der Waals surface area contributed by atoms with Crippen LogP contribution < -0.4 is 11.3 Å². The van der Waals surface area contributed by atoms with Crippen molar-refractivity contribution in [1.82, 2.24) is 24.4 Å². The van der Waals surface area contributed by atoms with E-state index in [-0.39, 0.29) is 23.7 Å². The van der Waals surface area contributed by atoms with E-state index < -0.39 is 31.7 Å². The molecule has 2 aromatic heterocycles. The molecule has 0 aliphatic carbocycles. The van der Waals surface area contributed by atoms with E-state index in [4.69, 9.17) is 20.3 Å². The Morgan fingerprint density at radius 1 is 1.37 bits per heavy atom. The van der Waals surface area contributed by atoms with E-state index in [1.54, 1.807) is 6.07 Å². The highest BCUT2D eigenvalue weighted by Gasteiger charge is 2.34. The molecule has 1 atom stereocenters. The number of hydrogen-bond acceptors (Lipinski definition) is 9. The average molecular weight is 445 g/mol. The Labute approximate surface area is 173 Å². The minimum Gasteiger partial charge on any atom is -0.392 e. The van der Waals surface area contributed by atoms with Crippen molar-refractivity contribution in [2.24, 2.45) is 0 Å². The number of aromatic nitrogens is 4. The van der Waals surface area contributed by atoms with E-state index in [0.717, 1.165) is 0 Å². The summed E-state index contributed by atoms with van der Waals surface area (Å²) in [6.07, 6.45) is 0.124. The number of anilines is 1. The molecular formula is C16H28N7O6P. The lowest BCUT2D eigenvalue weighted by molar-refractivity contribution is -0.0342. The van der Waals surface area contributed by atoms with Crippen molar-refractivity contribution in [3.8, 4) is 6.07 Å². The van der Waals surface area contributed by atoms with Crippen LogP contribution in [0, 0.1) is 11.3 Å². The molecule has 0 saturated carbocycles. The molecule has 13 nitrogen and oxygen atoms in total. The van der Waals surface area contributed by atoms with Gasteiger partial charge in [0.15, 0.2) is 23.1 Å². The second kappa shape index (κ2) is 11.2. The van der Waals surface area contributed by atoms with Gasteiger partial charge in [-0.3, -0.25) is 14.3 Å². The SMILES string of the molecule is CCN(CC)CC.N#CC(CO)(Cn1cnc2c(=O)[nH]c(N)nc21)OCP(=O)(O)O. The number of hydrogen-bond donors (Lipinski definition) is 5. The molecule has 0 aliphatic rings. The zero-order valence-electron chi connectivity index (χ0n) is 17.1. The maximum atomic E-state index is 11.7. The Morgan fingerprint density at radius 3 is 2.40 bits per heavy atom. The van der Waals surface area contributed by atoms with Gasteiger partial charge in [0.25, 0.3) is 5.56 Å². The topological polar surface area (TPSA) is 204 Å². The molecule has 6 N–H and O–H groups in total. The number of aliphatic hydroxyl groups is 1. The second-order valence-electron chi connectivity index (χ2n) is 6.32. The lowest BCUT2D eigenvalue weighted by Crippen LogP contribution is -2.40. The number of H-pyrrole nitrogens is 1. The van der Waals surface area contributed by atoms with Crippen molar-refractivity contribution in [2.45, 2.75) is 32.9 Å². The van der Waals surface area contributed by atoms with Crippen LogP contribution in [0.1, 0.15) is 20.8 Å². The Hall–Kier alpha value is -2.33. The van der Waals surface area contributed by atoms with Crippen molar-refractivity contribution in [3.05, 3.63) is 16.7 Å². The van der Waals surface area contributed by atoms with Crippen LogP contribution in [0.2, 0.25) is 0 Å². The third-order valence-electron chi connectivity index (χ3n) is 4.23. The minimum atomic E-state index is -4.54. The number of ether oxygens (including phenoxy) is 1. The number of rotatable bonds is 9. The predicted octanol–water partition coefficient (Wildman–Crippen LogP) is -0.544. The first-order valence-electron chi connectivity index (χ1n) is 9.18. The van der Waals surface area contributed by atoms with E-state index in [1.807, 2.05) is 0 Å². The summed E-state index contributed by atoms with van der Waals surface area (Å²) in [5.74, 6) is -0.174. The van der Waals surface area contributed by atoms with E-state index in [1.165, 1.54) is 30.5 Å². The molecule has 0 saturated heterocycles. The van der Waals surface area contributed by atoms with Crippen molar-refractivity contribution >= 4 is 24.7 Å². The van der Waals surface area contributed by atoms with Gasteiger partial charge in [-0.25, -0.2) is 4.98 Å². The third-order valence-corrected chi connectivity index (χ3v) is 4.69. The summed E-state index contributed by atoms with van der Waals surface area (Å²) in [5, 5.41) is 18.6. The number of imidazole rings is 1. The molecule has 0 fully saturated rings. The molecule has 14 heteroatoms. The first kappa shape index (κ1) is 25.7. The first-order chi connectivity index (χ1) is 14.0. The Bertz CT molecular complexity index is 956. The monoisotopic (exact) mass is 445 g/mol. The lowest BCUT2D eigenvalue weighted by Gasteiger charge is -2.25. The molecule has 1 unspecified atom stereocenters. The van der Waals surface area contributed by atoms with Crippen molar-refractivity contribution < 1.29 is 24.2 Å². The lowest BCUT2D eigenvalue weighted by atomic mass is 10.1. The van der Waals surface area contributed by atoms with Crippen LogP contribution in [-0.2, 0) is 15.8 Å². The molecule has 2 aromatic rings. The zero-order valence-corrected chi connectivity index (χ0v) is 18.0. The van der Waals surface area contributed by atoms with Crippen molar-refractivity contribution in [1.29, 1.82) is 5.26 Å². The van der Waals surface area contributed by atoms with Gasteiger partial charge < -0.3 is 34.8 Å². The summed E-state index contributed by atoms with van der Waals surface area (Å²) in [4.78, 5) is 41.7. The minimum absolute atomic E-state index is 0.0408. The highest BCUT2D eigenvalue weighted by Crippen LogP contribution is 2.36. The summed E-state index contributed by atoms with van der Waals surface area (Å²) in [6, 6.07) is 1.66. The number of nitrogens with two attached hydrogens (primary N) is 1. The average Bonchev–Trinajstić information content (AvgIpc) is 3.09. The third kappa shape index (κ3) is 7.17. The number of nitrogens with zero attached hydrogens (tertiary/aromatic N) is 5. The summed E-state index contributed by atoms with van der Waals surface area (Å²) in [7, 11) is -4.54. The Kier molecular flexibility index (Phi) is 9.57. The van der Waals surface area contributed by atoms with Crippen LogP contribution >= 0.6 is 7.60 Å². The summed E-state index contributed by atoms with van der Waals surface area (Å²) < 4.78 is 17.0. The Morgan fingerprint density at radius 2 is 1.97 bits per heavy atom. The molecule has 0 aliphatic heterocycles. The van der Waals surface area contributed by atoms with Crippen LogP contribution in [0.4, 0.5) is 5.95 Å². The largest absolute Gasteiger partial charge is 0.392 e. The molecule has 0 amide bonds. The fourth-order valence-corrected chi connectivity index (χ4v) is 2.90. The Balaban J connectivity index is 0.000000553. The van der Waals surface area contributed by atoms with Crippen molar-refractivity contribution in [3.63, 3.8) is 0 Å².